The Hall–Kier alpha value is -1.94. The van der Waals surface area contributed by atoms with Crippen molar-refractivity contribution in [1.29, 1.82) is 0 Å². The molecule has 2 aromatic carbocycles. The largest absolute Gasteiger partial charge is 0.407 e. The van der Waals surface area contributed by atoms with E-state index in [1.165, 1.54) is 48.9 Å². The normalized spacial score (nSPS) is 12.2. The van der Waals surface area contributed by atoms with Gasteiger partial charge in [-0.3, -0.25) is 0 Å². The highest BCUT2D eigenvalue weighted by molar-refractivity contribution is 6.92. The van der Waals surface area contributed by atoms with Gasteiger partial charge in [-0.25, -0.2) is 0 Å². The Kier molecular flexibility index (Phi) is 14.5. The molecule has 0 N–H and O–H groups in total. The van der Waals surface area contributed by atoms with Gasteiger partial charge in [-0.2, -0.15) is 0 Å². The first-order chi connectivity index (χ1) is 16.3. The molecule has 0 radical (unpaired) electrons. The second-order valence-electron chi connectivity index (χ2n) is 8.56. The molecule has 0 spiro atoms. The molecule has 0 bridgehead atoms. The van der Waals surface area contributed by atoms with Crippen LogP contribution in [0, 0.1) is 0 Å². The topological polar surface area (TPSA) is 18.5 Å². The lowest BCUT2D eigenvalue weighted by atomic mass is 10.2. The summed E-state index contributed by atoms with van der Waals surface area (Å²) in [4.78, 5) is 0. The monoisotopic (exact) mass is 464 g/mol. The summed E-state index contributed by atoms with van der Waals surface area (Å²) in [7, 11) is -2.78. The fourth-order valence-corrected chi connectivity index (χ4v) is 7.05. The maximum atomic E-state index is 6.73. The van der Waals surface area contributed by atoms with Crippen LogP contribution in [0.1, 0.15) is 78.1 Å². The average molecular weight is 465 g/mol. The number of rotatable bonds is 18. The Morgan fingerprint density at radius 3 is 1.33 bits per heavy atom. The number of hydrogen-bond donors (Lipinski definition) is 0. The smallest absolute Gasteiger partial charge is 0.387 e. The van der Waals surface area contributed by atoms with Crippen molar-refractivity contribution in [2.75, 3.05) is 13.2 Å². The number of benzene rings is 2. The number of unbranched alkanes of at least 4 members (excludes halogenated alkanes) is 6. The summed E-state index contributed by atoms with van der Waals surface area (Å²) in [5.74, 6) is 0. The van der Waals surface area contributed by atoms with E-state index in [9.17, 15) is 0 Å². The first kappa shape index (κ1) is 27.3. The fourth-order valence-electron chi connectivity index (χ4n) is 3.89. The Morgan fingerprint density at radius 1 is 0.545 bits per heavy atom. The third-order valence-corrected chi connectivity index (χ3v) is 9.18. The van der Waals surface area contributed by atoms with Gasteiger partial charge < -0.3 is 8.85 Å². The van der Waals surface area contributed by atoms with E-state index >= 15 is 0 Å². The first-order valence-corrected chi connectivity index (χ1v) is 14.8. The highest BCUT2D eigenvalue weighted by Crippen LogP contribution is 2.12. The molecule has 0 heterocycles. The molecule has 0 saturated carbocycles. The molecule has 2 rings (SSSR count). The molecule has 0 aliphatic heterocycles. The first-order valence-electron chi connectivity index (χ1n) is 13.0. The second-order valence-corrected chi connectivity index (χ2v) is 11.5. The molecule has 180 valence electrons. The maximum absolute atomic E-state index is 6.73. The predicted molar refractivity (Wildman–Crippen MR) is 146 cm³/mol. The summed E-state index contributed by atoms with van der Waals surface area (Å²) in [6.07, 6.45) is 21.0. The molecular weight excluding hydrogens is 420 g/mol. The molecular formula is C30H44O2Si. The third kappa shape index (κ3) is 10.2. The van der Waals surface area contributed by atoms with Crippen LogP contribution in [0.15, 0.2) is 85.0 Å². The van der Waals surface area contributed by atoms with Crippen molar-refractivity contribution in [2.24, 2.45) is 0 Å². The molecule has 0 atom stereocenters. The summed E-state index contributed by atoms with van der Waals surface area (Å²) in [6, 6.07) is 21.2. The quantitative estimate of drug-likeness (QED) is 0.131. The SMILES string of the molecule is CCCCC/C=C/CCO[Si](OCC/C=C/CCCCC)(c1ccccc1)c1ccccc1. The zero-order valence-corrected chi connectivity index (χ0v) is 21.9. The van der Waals surface area contributed by atoms with Crippen LogP contribution in [0.5, 0.6) is 0 Å². The minimum Gasteiger partial charge on any atom is -0.387 e. The number of hydrogen-bond acceptors (Lipinski definition) is 2. The lowest BCUT2D eigenvalue weighted by Crippen LogP contribution is -2.63. The summed E-state index contributed by atoms with van der Waals surface area (Å²) in [5, 5.41) is 2.35. The van der Waals surface area contributed by atoms with Crippen molar-refractivity contribution in [1.82, 2.24) is 0 Å². The Bertz CT molecular complexity index is 703. The average Bonchev–Trinajstić information content (AvgIpc) is 2.87. The van der Waals surface area contributed by atoms with E-state index in [1.807, 2.05) is 0 Å². The molecule has 3 heteroatoms. The van der Waals surface area contributed by atoms with E-state index in [0.29, 0.717) is 13.2 Å². The molecule has 0 aliphatic carbocycles. The van der Waals surface area contributed by atoms with Crippen molar-refractivity contribution in [3.63, 3.8) is 0 Å². The van der Waals surface area contributed by atoms with Crippen LogP contribution in [0.3, 0.4) is 0 Å². The molecule has 0 amide bonds. The molecule has 0 saturated heterocycles. The van der Waals surface area contributed by atoms with E-state index in [0.717, 1.165) is 25.7 Å². The van der Waals surface area contributed by atoms with Gasteiger partial charge in [0.15, 0.2) is 0 Å². The molecule has 0 aromatic heterocycles. The van der Waals surface area contributed by atoms with Crippen LogP contribution in [-0.4, -0.2) is 21.8 Å². The van der Waals surface area contributed by atoms with Gasteiger partial charge in [-0.05, 0) is 48.9 Å². The van der Waals surface area contributed by atoms with Crippen molar-refractivity contribution >= 4 is 18.9 Å². The van der Waals surface area contributed by atoms with Crippen LogP contribution in [0.25, 0.3) is 0 Å². The summed E-state index contributed by atoms with van der Waals surface area (Å²) in [5.41, 5.74) is 0. The molecule has 0 unspecified atom stereocenters. The highest BCUT2D eigenvalue weighted by Gasteiger charge is 2.42. The Morgan fingerprint density at radius 2 is 0.939 bits per heavy atom. The van der Waals surface area contributed by atoms with Gasteiger partial charge in [0.25, 0.3) is 0 Å². The minimum absolute atomic E-state index is 0.674. The van der Waals surface area contributed by atoms with Crippen LogP contribution in [-0.2, 0) is 8.85 Å². The summed E-state index contributed by atoms with van der Waals surface area (Å²) >= 11 is 0. The van der Waals surface area contributed by atoms with Crippen molar-refractivity contribution < 1.29 is 8.85 Å². The van der Waals surface area contributed by atoms with Crippen molar-refractivity contribution in [2.45, 2.75) is 78.1 Å². The van der Waals surface area contributed by atoms with Crippen LogP contribution in [0.2, 0.25) is 0 Å². The number of allylic oxidation sites excluding steroid dienone is 2. The van der Waals surface area contributed by atoms with E-state index in [1.54, 1.807) is 0 Å². The van der Waals surface area contributed by atoms with Gasteiger partial charge >= 0.3 is 8.56 Å². The molecule has 0 aliphatic rings. The van der Waals surface area contributed by atoms with Gasteiger partial charge in [0.2, 0.25) is 0 Å². The standard InChI is InChI=1S/C30H44O2Si/c1-3-5-7-9-11-13-21-27-31-33(29-23-17-15-18-24-29,30-25-19-16-20-26-30)32-28-22-14-12-10-8-6-4-2/h11-20,23-26H,3-10,21-22,27-28H2,1-2H3/b13-11+,14-12+. The molecule has 0 fully saturated rings. The zero-order chi connectivity index (χ0) is 23.5. The van der Waals surface area contributed by atoms with Gasteiger partial charge in [-0.1, -0.05) is 124 Å². The van der Waals surface area contributed by atoms with E-state index in [-0.39, 0.29) is 0 Å². The van der Waals surface area contributed by atoms with Gasteiger partial charge in [0.05, 0.1) is 0 Å². The lowest BCUT2D eigenvalue weighted by Gasteiger charge is -2.31. The summed E-state index contributed by atoms with van der Waals surface area (Å²) < 4.78 is 13.5. The van der Waals surface area contributed by atoms with Crippen LogP contribution >= 0.6 is 0 Å². The Balaban J connectivity index is 2.08. The molecule has 2 nitrogen and oxygen atoms in total. The van der Waals surface area contributed by atoms with E-state index < -0.39 is 8.56 Å². The molecule has 2 aromatic rings. The van der Waals surface area contributed by atoms with Crippen molar-refractivity contribution in [3.05, 3.63) is 85.0 Å². The Labute approximate surface area is 204 Å². The fraction of sp³-hybridized carbons (Fsp3) is 0.467. The second kappa shape index (κ2) is 17.5. The predicted octanol–water partition coefficient (Wildman–Crippen LogP) is 7.33. The third-order valence-electron chi connectivity index (χ3n) is 5.77. The van der Waals surface area contributed by atoms with Gasteiger partial charge in [0.1, 0.15) is 0 Å². The van der Waals surface area contributed by atoms with Gasteiger partial charge in [-0.15, -0.1) is 0 Å². The van der Waals surface area contributed by atoms with Crippen LogP contribution in [0.4, 0.5) is 0 Å². The van der Waals surface area contributed by atoms with Crippen LogP contribution < -0.4 is 10.4 Å². The van der Waals surface area contributed by atoms with E-state index in [2.05, 4.69) is 98.8 Å². The summed E-state index contributed by atoms with van der Waals surface area (Å²) in [6.45, 7) is 5.84. The maximum Gasteiger partial charge on any atom is 0.407 e. The highest BCUT2D eigenvalue weighted by atomic mass is 28.4. The minimum atomic E-state index is -2.78. The van der Waals surface area contributed by atoms with Crippen molar-refractivity contribution in [3.8, 4) is 0 Å². The van der Waals surface area contributed by atoms with Gasteiger partial charge in [0, 0.05) is 13.2 Å². The lowest BCUT2D eigenvalue weighted by molar-refractivity contribution is 0.197. The molecule has 33 heavy (non-hydrogen) atoms. The van der Waals surface area contributed by atoms with E-state index in [4.69, 9.17) is 8.85 Å². The zero-order valence-electron chi connectivity index (χ0n) is 20.9.